The zero-order chi connectivity index (χ0) is 17.4. The van der Waals surface area contributed by atoms with Crippen LogP contribution in [0.3, 0.4) is 0 Å². The van der Waals surface area contributed by atoms with Crippen molar-refractivity contribution in [1.29, 1.82) is 0 Å². The molecule has 4 nitrogen and oxygen atoms in total. The minimum absolute atomic E-state index is 0.139. The van der Waals surface area contributed by atoms with Gasteiger partial charge in [-0.15, -0.1) is 0 Å². The van der Waals surface area contributed by atoms with Gasteiger partial charge in [0, 0.05) is 6.07 Å². The lowest BCUT2D eigenvalue weighted by Crippen LogP contribution is -2.16. The largest absolute Gasteiger partial charge is 0.494 e. The van der Waals surface area contributed by atoms with E-state index in [-0.39, 0.29) is 11.4 Å². The number of ether oxygens (including phenoxy) is 1. The van der Waals surface area contributed by atoms with E-state index in [1.807, 2.05) is 4.72 Å². The summed E-state index contributed by atoms with van der Waals surface area (Å²) in [4.78, 5) is -1.24. The lowest BCUT2D eigenvalue weighted by molar-refractivity contribution is 0.386. The summed E-state index contributed by atoms with van der Waals surface area (Å²) >= 11 is 2.45. The Morgan fingerprint density at radius 2 is 1.70 bits per heavy atom. The molecule has 0 heterocycles. The third-order valence-corrected chi connectivity index (χ3v) is 4.87. The molecule has 0 amide bonds. The Morgan fingerprint density at radius 3 is 2.26 bits per heavy atom. The molecule has 0 saturated carbocycles. The Kier molecular flexibility index (Phi) is 4.85. The van der Waals surface area contributed by atoms with E-state index >= 15 is 0 Å². The predicted octanol–water partition coefficient (Wildman–Crippen LogP) is 3.81. The maximum Gasteiger partial charge on any atom is 0.265 e. The summed E-state index contributed by atoms with van der Waals surface area (Å²) in [5, 5.41) is 0. The summed E-state index contributed by atoms with van der Waals surface area (Å²) in [6.07, 6.45) is 0. The van der Waals surface area contributed by atoms with E-state index < -0.39 is 42.7 Å². The molecule has 10 heteroatoms. The van der Waals surface area contributed by atoms with Gasteiger partial charge in [0.2, 0.25) is 0 Å². The summed E-state index contributed by atoms with van der Waals surface area (Å²) in [5.41, 5.74) is -0.272. The van der Waals surface area contributed by atoms with Crippen LogP contribution < -0.4 is 9.46 Å². The lowest BCUT2D eigenvalue weighted by atomic mass is 10.3. The molecule has 1 N–H and O–H groups in total. The number of sulfonamides is 1. The Hall–Kier alpha value is -1.81. The van der Waals surface area contributed by atoms with E-state index in [1.165, 1.54) is 7.11 Å². The standard InChI is InChI=1S/C13H8BrF4NO3S/c1-22-9-3-2-6(4-7(9)15)19-23(20,21)10-5-8(16)11(14)13(18)12(10)17/h2-5,19H,1H3. The number of methoxy groups -OCH3 is 1. The number of hydrogen-bond donors (Lipinski definition) is 1. The van der Waals surface area contributed by atoms with Gasteiger partial charge in [0.25, 0.3) is 10.0 Å². The van der Waals surface area contributed by atoms with Gasteiger partial charge in [0.1, 0.15) is 10.7 Å². The fraction of sp³-hybridized carbons (Fsp3) is 0.0769. The first-order valence-electron chi connectivity index (χ1n) is 5.86. The second-order valence-corrected chi connectivity index (χ2v) is 6.70. The van der Waals surface area contributed by atoms with E-state index in [2.05, 4.69) is 20.7 Å². The van der Waals surface area contributed by atoms with Crippen molar-refractivity contribution in [3.63, 3.8) is 0 Å². The van der Waals surface area contributed by atoms with Crippen molar-refractivity contribution < 1.29 is 30.7 Å². The third kappa shape index (κ3) is 3.42. The molecular weight excluding hydrogens is 406 g/mol. The van der Waals surface area contributed by atoms with E-state index in [0.29, 0.717) is 6.07 Å². The quantitative estimate of drug-likeness (QED) is 0.471. The van der Waals surface area contributed by atoms with Crippen LogP contribution in [0.5, 0.6) is 5.75 Å². The first kappa shape index (κ1) is 17.5. The second-order valence-electron chi connectivity index (χ2n) is 4.25. The molecular formula is C13H8BrF4NO3S. The van der Waals surface area contributed by atoms with E-state index in [9.17, 15) is 26.0 Å². The molecule has 0 aromatic heterocycles. The summed E-state index contributed by atoms with van der Waals surface area (Å²) in [7, 11) is -3.46. The normalized spacial score (nSPS) is 11.4. The SMILES string of the molecule is COc1ccc(NS(=O)(=O)c2cc(F)c(Br)c(F)c2F)cc1F. The molecule has 0 aliphatic heterocycles. The van der Waals surface area contributed by atoms with Crippen LogP contribution in [0.25, 0.3) is 0 Å². The van der Waals surface area contributed by atoms with E-state index in [0.717, 1.165) is 18.2 Å². The van der Waals surface area contributed by atoms with Gasteiger partial charge in [-0.05, 0) is 34.1 Å². The minimum atomic E-state index is -4.68. The molecule has 0 bridgehead atoms. The zero-order valence-corrected chi connectivity index (χ0v) is 13.7. The summed E-state index contributed by atoms with van der Waals surface area (Å²) < 4.78 is 83.9. The molecule has 23 heavy (non-hydrogen) atoms. The average molecular weight is 414 g/mol. The van der Waals surface area contributed by atoms with Gasteiger partial charge in [-0.2, -0.15) is 0 Å². The van der Waals surface area contributed by atoms with Crippen molar-refractivity contribution in [2.75, 3.05) is 11.8 Å². The third-order valence-electron chi connectivity index (χ3n) is 2.76. The number of rotatable bonds is 4. The van der Waals surface area contributed by atoms with Crippen LogP contribution in [0.4, 0.5) is 23.2 Å². The van der Waals surface area contributed by atoms with Crippen LogP contribution in [0.2, 0.25) is 0 Å². The van der Waals surface area contributed by atoms with E-state index in [4.69, 9.17) is 0 Å². The topological polar surface area (TPSA) is 55.4 Å². The van der Waals surface area contributed by atoms with Crippen molar-refractivity contribution in [2.45, 2.75) is 4.90 Å². The smallest absolute Gasteiger partial charge is 0.265 e. The summed E-state index contributed by atoms with van der Waals surface area (Å²) in [6.45, 7) is 0. The molecule has 0 aliphatic carbocycles. The molecule has 2 aromatic carbocycles. The molecule has 2 rings (SSSR count). The number of anilines is 1. The summed E-state index contributed by atoms with van der Waals surface area (Å²) in [5.74, 6) is -5.77. The van der Waals surface area contributed by atoms with Gasteiger partial charge in [-0.3, -0.25) is 4.72 Å². The van der Waals surface area contributed by atoms with Crippen LogP contribution in [-0.4, -0.2) is 15.5 Å². The van der Waals surface area contributed by atoms with Crippen LogP contribution in [0.1, 0.15) is 0 Å². The fourth-order valence-corrected chi connectivity index (χ4v) is 3.11. The van der Waals surface area contributed by atoms with Gasteiger partial charge < -0.3 is 4.74 Å². The number of nitrogens with one attached hydrogen (secondary N) is 1. The zero-order valence-electron chi connectivity index (χ0n) is 11.3. The summed E-state index contributed by atoms with van der Waals surface area (Å²) in [6, 6.07) is 3.36. The molecule has 0 unspecified atom stereocenters. The van der Waals surface area contributed by atoms with Gasteiger partial charge in [-0.1, -0.05) is 0 Å². The van der Waals surface area contributed by atoms with Gasteiger partial charge in [-0.25, -0.2) is 26.0 Å². The van der Waals surface area contributed by atoms with Crippen LogP contribution >= 0.6 is 15.9 Å². The molecule has 0 aliphatic rings. The maximum absolute atomic E-state index is 13.8. The molecule has 0 fully saturated rings. The number of halogens is 5. The van der Waals surface area contributed by atoms with Crippen molar-refractivity contribution in [1.82, 2.24) is 0 Å². The van der Waals surface area contributed by atoms with Crippen molar-refractivity contribution >= 4 is 31.6 Å². The molecule has 0 saturated heterocycles. The first-order chi connectivity index (χ1) is 10.7. The molecule has 124 valence electrons. The van der Waals surface area contributed by atoms with Crippen molar-refractivity contribution in [3.05, 3.63) is 52.0 Å². The highest BCUT2D eigenvalue weighted by Crippen LogP contribution is 2.29. The Morgan fingerprint density at radius 1 is 1.04 bits per heavy atom. The lowest BCUT2D eigenvalue weighted by Gasteiger charge is -2.11. The molecule has 2 aromatic rings. The van der Waals surface area contributed by atoms with Crippen LogP contribution in [-0.2, 0) is 10.0 Å². The van der Waals surface area contributed by atoms with Crippen molar-refractivity contribution in [2.24, 2.45) is 0 Å². The van der Waals surface area contributed by atoms with Crippen LogP contribution in [0, 0.1) is 23.3 Å². The maximum atomic E-state index is 13.8. The van der Waals surface area contributed by atoms with Gasteiger partial charge in [0.05, 0.1) is 17.3 Å². The highest BCUT2D eigenvalue weighted by atomic mass is 79.9. The van der Waals surface area contributed by atoms with Gasteiger partial charge >= 0.3 is 0 Å². The fourth-order valence-electron chi connectivity index (χ4n) is 1.69. The Bertz CT molecular complexity index is 874. The Labute approximate surface area is 137 Å². The highest BCUT2D eigenvalue weighted by molar-refractivity contribution is 9.10. The molecule has 0 atom stereocenters. The predicted molar refractivity (Wildman–Crippen MR) is 77.8 cm³/mol. The van der Waals surface area contributed by atoms with Crippen LogP contribution in [0.15, 0.2) is 33.6 Å². The minimum Gasteiger partial charge on any atom is -0.494 e. The Balaban J connectivity index is 2.46. The molecule has 0 radical (unpaired) electrons. The highest BCUT2D eigenvalue weighted by Gasteiger charge is 2.26. The number of benzene rings is 2. The first-order valence-corrected chi connectivity index (χ1v) is 8.14. The van der Waals surface area contributed by atoms with Gasteiger partial charge in [0.15, 0.2) is 23.2 Å². The van der Waals surface area contributed by atoms with Crippen molar-refractivity contribution in [3.8, 4) is 5.75 Å². The monoisotopic (exact) mass is 413 g/mol. The van der Waals surface area contributed by atoms with E-state index in [1.54, 1.807) is 0 Å². The number of hydrogen-bond acceptors (Lipinski definition) is 3. The average Bonchev–Trinajstić information content (AvgIpc) is 2.48. The second kappa shape index (κ2) is 6.36. The molecule has 0 spiro atoms.